The van der Waals surface area contributed by atoms with E-state index < -0.39 is 0 Å². The zero-order valence-corrected chi connectivity index (χ0v) is 13.3. The molecule has 0 radical (unpaired) electrons. The molecule has 0 atom stereocenters. The predicted molar refractivity (Wildman–Crippen MR) is 89.2 cm³/mol. The molecule has 0 spiro atoms. The Morgan fingerprint density at radius 3 is 2.35 bits per heavy atom. The van der Waals surface area contributed by atoms with E-state index in [-0.39, 0.29) is 18.4 Å². The van der Waals surface area contributed by atoms with Crippen molar-refractivity contribution in [2.24, 2.45) is 0 Å². The second kappa shape index (κ2) is 7.98. The van der Waals surface area contributed by atoms with Crippen molar-refractivity contribution in [3.8, 4) is 5.75 Å². The van der Waals surface area contributed by atoms with Crippen LogP contribution in [0.5, 0.6) is 5.75 Å². The molecular formula is C18H20N2O3. The number of carbonyl (C=O) groups excluding carboxylic acids is 2. The highest BCUT2D eigenvalue weighted by molar-refractivity contribution is 5.94. The summed E-state index contributed by atoms with van der Waals surface area (Å²) in [5, 5.41) is 2.78. The number of methoxy groups -OCH3 is 1. The van der Waals surface area contributed by atoms with Gasteiger partial charge in [0.15, 0.2) is 0 Å². The Morgan fingerprint density at radius 1 is 1.04 bits per heavy atom. The van der Waals surface area contributed by atoms with Gasteiger partial charge >= 0.3 is 0 Å². The average Bonchev–Trinajstić information content (AvgIpc) is 2.55. The quantitative estimate of drug-likeness (QED) is 0.892. The second-order valence-corrected chi connectivity index (χ2v) is 5.10. The minimum absolute atomic E-state index is 0.0116. The maximum atomic E-state index is 12.1. The number of hydrogen-bond acceptors (Lipinski definition) is 3. The van der Waals surface area contributed by atoms with Crippen LogP contribution >= 0.6 is 0 Å². The maximum Gasteiger partial charge on any atom is 0.244 e. The molecule has 0 saturated carbocycles. The highest BCUT2D eigenvalue weighted by Gasteiger charge is 2.16. The Labute approximate surface area is 135 Å². The van der Waals surface area contributed by atoms with Crippen molar-refractivity contribution in [1.82, 2.24) is 4.90 Å². The van der Waals surface area contributed by atoms with Crippen molar-refractivity contribution >= 4 is 17.5 Å². The van der Waals surface area contributed by atoms with Crippen LogP contribution in [0.2, 0.25) is 0 Å². The highest BCUT2D eigenvalue weighted by atomic mass is 16.5. The summed E-state index contributed by atoms with van der Waals surface area (Å²) in [6.07, 6.45) is 0. The first-order valence-electron chi connectivity index (χ1n) is 7.32. The number of benzene rings is 2. The van der Waals surface area contributed by atoms with Gasteiger partial charge in [-0.05, 0) is 18.2 Å². The molecule has 2 amide bonds. The minimum Gasteiger partial charge on any atom is -0.496 e. The zero-order valence-electron chi connectivity index (χ0n) is 13.3. The van der Waals surface area contributed by atoms with Crippen molar-refractivity contribution < 1.29 is 14.3 Å². The number of carbonyl (C=O) groups is 2. The van der Waals surface area contributed by atoms with E-state index in [0.29, 0.717) is 18.0 Å². The third-order valence-electron chi connectivity index (χ3n) is 3.39. The van der Waals surface area contributed by atoms with Gasteiger partial charge in [0.05, 0.1) is 7.11 Å². The molecule has 0 saturated heterocycles. The molecule has 0 aliphatic heterocycles. The molecule has 0 aliphatic rings. The average molecular weight is 312 g/mol. The molecule has 5 nitrogen and oxygen atoms in total. The number of rotatable bonds is 6. The van der Waals surface area contributed by atoms with Crippen LogP contribution in [-0.2, 0) is 16.1 Å². The lowest BCUT2D eigenvalue weighted by atomic mass is 10.2. The van der Waals surface area contributed by atoms with Crippen molar-refractivity contribution in [2.75, 3.05) is 19.0 Å². The van der Waals surface area contributed by atoms with E-state index >= 15 is 0 Å². The molecule has 0 unspecified atom stereocenters. The van der Waals surface area contributed by atoms with E-state index in [2.05, 4.69) is 5.32 Å². The van der Waals surface area contributed by atoms with Gasteiger partial charge in [-0.3, -0.25) is 9.59 Å². The van der Waals surface area contributed by atoms with Crippen LogP contribution in [0.25, 0.3) is 0 Å². The Balaban J connectivity index is 2.04. The predicted octanol–water partition coefficient (Wildman–Crippen LogP) is 2.68. The Hall–Kier alpha value is -2.82. The van der Waals surface area contributed by atoms with Crippen LogP contribution in [0.4, 0.5) is 5.69 Å². The molecule has 0 fully saturated rings. The summed E-state index contributed by atoms with van der Waals surface area (Å²) in [4.78, 5) is 25.5. The largest absolute Gasteiger partial charge is 0.496 e. The Kier molecular flexibility index (Phi) is 5.74. The second-order valence-electron chi connectivity index (χ2n) is 5.10. The number of para-hydroxylation sites is 2. The fraction of sp³-hybridized carbons (Fsp3) is 0.222. The number of anilines is 1. The van der Waals surface area contributed by atoms with Crippen LogP contribution in [0.3, 0.4) is 0 Å². The Morgan fingerprint density at radius 2 is 1.70 bits per heavy atom. The van der Waals surface area contributed by atoms with Gasteiger partial charge in [-0.1, -0.05) is 36.4 Å². The number of amides is 2. The third kappa shape index (κ3) is 4.85. The van der Waals surface area contributed by atoms with Crippen LogP contribution in [-0.4, -0.2) is 30.4 Å². The topological polar surface area (TPSA) is 58.6 Å². The van der Waals surface area contributed by atoms with Gasteiger partial charge in [-0.25, -0.2) is 0 Å². The van der Waals surface area contributed by atoms with Gasteiger partial charge in [-0.2, -0.15) is 0 Å². The van der Waals surface area contributed by atoms with Crippen molar-refractivity contribution in [3.63, 3.8) is 0 Å². The van der Waals surface area contributed by atoms with Gasteiger partial charge in [0.2, 0.25) is 11.8 Å². The lowest BCUT2D eigenvalue weighted by Crippen LogP contribution is -2.36. The smallest absolute Gasteiger partial charge is 0.244 e. The SMILES string of the molecule is COc1ccccc1CN(CC(=O)Nc1ccccc1)C(C)=O. The molecule has 120 valence electrons. The van der Waals surface area contributed by atoms with Crippen LogP contribution in [0.1, 0.15) is 12.5 Å². The lowest BCUT2D eigenvalue weighted by molar-refractivity contribution is -0.133. The normalized spacial score (nSPS) is 10.0. The van der Waals surface area contributed by atoms with Gasteiger partial charge in [0, 0.05) is 24.7 Å². The van der Waals surface area contributed by atoms with Crippen molar-refractivity contribution in [1.29, 1.82) is 0 Å². The number of nitrogens with zero attached hydrogens (tertiary/aromatic N) is 1. The molecule has 0 aliphatic carbocycles. The van der Waals surface area contributed by atoms with Crippen LogP contribution in [0, 0.1) is 0 Å². The van der Waals surface area contributed by atoms with Gasteiger partial charge in [-0.15, -0.1) is 0 Å². The number of ether oxygens (including phenoxy) is 1. The summed E-state index contributed by atoms with van der Waals surface area (Å²) in [6, 6.07) is 16.6. The summed E-state index contributed by atoms with van der Waals surface area (Å²) in [7, 11) is 1.58. The van der Waals surface area contributed by atoms with E-state index in [0.717, 1.165) is 5.56 Å². The van der Waals surface area contributed by atoms with Crippen molar-refractivity contribution in [3.05, 3.63) is 60.2 Å². The third-order valence-corrected chi connectivity index (χ3v) is 3.39. The summed E-state index contributed by atoms with van der Waals surface area (Å²) >= 11 is 0. The molecule has 5 heteroatoms. The molecule has 0 heterocycles. The molecule has 0 aromatic heterocycles. The van der Waals surface area contributed by atoms with Crippen LogP contribution in [0.15, 0.2) is 54.6 Å². The monoisotopic (exact) mass is 312 g/mol. The lowest BCUT2D eigenvalue weighted by Gasteiger charge is -2.21. The highest BCUT2D eigenvalue weighted by Crippen LogP contribution is 2.19. The van der Waals surface area contributed by atoms with E-state index in [1.54, 1.807) is 19.2 Å². The standard InChI is InChI=1S/C18H20N2O3/c1-14(21)20(12-15-8-6-7-11-17(15)23-2)13-18(22)19-16-9-4-3-5-10-16/h3-11H,12-13H2,1-2H3,(H,19,22). The summed E-state index contributed by atoms with van der Waals surface area (Å²) in [5.41, 5.74) is 1.57. The number of hydrogen-bond donors (Lipinski definition) is 1. The van der Waals surface area contributed by atoms with E-state index in [9.17, 15) is 9.59 Å². The molecular weight excluding hydrogens is 292 g/mol. The molecule has 23 heavy (non-hydrogen) atoms. The first-order valence-corrected chi connectivity index (χ1v) is 7.32. The van der Waals surface area contributed by atoms with E-state index in [4.69, 9.17) is 4.74 Å². The fourth-order valence-corrected chi connectivity index (χ4v) is 2.21. The molecule has 0 bridgehead atoms. The molecule has 2 aromatic rings. The summed E-state index contributed by atoms with van der Waals surface area (Å²) in [5.74, 6) is 0.294. The fourth-order valence-electron chi connectivity index (χ4n) is 2.21. The van der Waals surface area contributed by atoms with Gasteiger partial charge in [0.1, 0.15) is 12.3 Å². The van der Waals surface area contributed by atoms with Gasteiger partial charge < -0.3 is 15.0 Å². The first kappa shape index (κ1) is 16.5. The Bertz CT molecular complexity index is 671. The first-order chi connectivity index (χ1) is 11.1. The summed E-state index contributed by atoms with van der Waals surface area (Å²) in [6.45, 7) is 1.76. The van der Waals surface area contributed by atoms with E-state index in [1.165, 1.54) is 11.8 Å². The molecule has 1 N–H and O–H groups in total. The zero-order chi connectivity index (χ0) is 16.7. The number of nitrogens with one attached hydrogen (secondary N) is 1. The van der Waals surface area contributed by atoms with Gasteiger partial charge in [0.25, 0.3) is 0 Å². The summed E-state index contributed by atoms with van der Waals surface area (Å²) < 4.78 is 5.29. The molecule has 2 aromatic carbocycles. The van der Waals surface area contributed by atoms with Crippen LogP contribution < -0.4 is 10.1 Å². The van der Waals surface area contributed by atoms with E-state index in [1.807, 2.05) is 42.5 Å². The van der Waals surface area contributed by atoms with Crippen molar-refractivity contribution in [2.45, 2.75) is 13.5 Å². The molecule has 2 rings (SSSR count). The maximum absolute atomic E-state index is 12.1. The minimum atomic E-state index is -0.235.